The van der Waals surface area contributed by atoms with Gasteiger partial charge in [-0.3, -0.25) is 0 Å². The fourth-order valence-corrected chi connectivity index (χ4v) is 1.25. The number of anilines is 1. The minimum Gasteiger partial charge on any atom is -0.398 e. The Morgan fingerprint density at radius 3 is 2.75 bits per heavy atom. The summed E-state index contributed by atoms with van der Waals surface area (Å²) in [7, 11) is 0. The highest BCUT2D eigenvalue weighted by Crippen LogP contribution is 2.20. The average molecular weight is 184 g/mol. The molecule has 0 aliphatic rings. The van der Waals surface area contributed by atoms with Crippen molar-refractivity contribution in [2.24, 2.45) is 0 Å². The van der Waals surface area contributed by atoms with Crippen LogP contribution in [0.3, 0.4) is 0 Å². The van der Waals surface area contributed by atoms with E-state index < -0.39 is 0 Å². The maximum atomic E-state index is 5.79. The van der Waals surface area contributed by atoms with Crippen molar-refractivity contribution in [3.8, 4) is 0 Å². The van der Waals surface area contributed by atoms with E-state index >= 15 is 0 Å². The lowest BCUT2D eigenvalue weighted by molar-refractivity contribution is 0.795. The molecule has 0 aromatic heterocycles. The molecule has 0 saturated carbocycles. The summed E-state index contributed by atoms with van der Waals surface area (Å²) in [6, 6.07) is 5.86. The van der Waals surface area contributed by atoms with Crippen LogP contribution in [0.1, 0.15) is 25.3 Å². The molecule has 2 heteroatoms. The molecule has 66 valence electrons. The van der Waals surface area contributed by atoms with E-state index in [4.69, 9.17) is 17.3 Å². The van der Waals surface area contributed by atoms with Gasteiger partial charge in [0.2, 0.25) is 0 Å². The van der Waals surface area contributed by atoms with Crippen LogP contribution in [0.2, 0.25) is 5.02 Å². The average Bonchev–Trinajstić information content (AvgIpc) is 2.07. The molecule has 0 aliphatic heterocycles. The highest BCUT2D eigenvalue weighted by atomic mass is 35.5. The third-order valence-corrected chi connectivity index (χ3v) is 2.22. The summed E-state index contributed by atoms with van der Waals surface area (Å²) in [4.78, 5) is 0. The SMILES string of the molecule is CCCCc1ccc(Cl)c(N)c1. The summed E-state index contributed by atoms with van der Waals surface area (Å²) in [5.74, 6) is 0. The Hall–Kier alpha value is -0.690. The number of hydrogen-bond acceptors (Lipinski definition) is 1. The topological polar surface area (TPSA) is 26.0 Å². The molecule has 0 spiro atoms. The standard InChI is InChI=1S/C10H14ClN/c1-2-3-4-8-5-6-9(11)10(12)7-8/h5-7H,2-4,12H2,1H3. The summed E-state index contributed by atoms with van der Waals surface area (Å²) in [5.41, 5.74) is 7.62. The molecule has 0 radical (unpaired) electrons. The Morgan fingerprint density at radius 1 is 1.42 bits per heavy atom. The van der Waals surface area contributed by atoms with Crippen molar-refractivity contribution in [2.45, 2.75) is 26.2 Å². The first kappa shape index (κ1) is 9.40. The Bertz CT molecular complexity index is 258. The van der Waals surface area contributed by atoms with Gasteiger partial charge in [-0.1, -0.05) is 31.0 Å². The van der Waals surface area contributed by atoms with Gasteiger partial charge in [-0.05, 0) is 30.5 Å². The van der Waals surface area contributed by atoms with E-state index in [9.17, 15) is 0 Å². The fourth-order valence-electron chi connectivity index (χ4n) is 1.13. The molecule has 1 aromatic carbocycles. The van der Waals surface area contributed by atoms with Crippen LogP contribution in [0.25, 0.3) is 0 Å². The molecule has 1 rings (SSSR count). The van der Waals surface area contributed by atoms with Gasteiger partial charge in [0.25, 0.3) is 0 Å². The zero-order chi connectivity index (χ0) is 8.97. The van der Waals surface area contributed by atoms with E-state index in [0.29, 0.717) is 10.7 Å². The summed E-state index contributed by atoms with van der Waals surface area (Å²) >= 11 is 5.79. The lowest BCUT2D eigenvalue weighted by Gasteiger charge is -2.02. The molecule has 1 nitrogen and oxygen atoms in total. The van der Waals surface area contributed by atoms with Crippen molar-refractivity contribution in [3.05, 3.63) is 28.8 Å². The van der Waals surface area contributed by atoms with E-state index in [1.54, 1.807) is 0 Å². The molecular formula is C10H14ClN. The second-order valence-electron chi connectivity index (χ2n) is 2.96. The minimum atomic E-state index is 0.648. The molecule has 0 unspecified atom stereocenters. The number of benzene rings is 1. The summed E-state index contributed by atoms with van der Waals surface area (Å²) in [5, 5.41) is 0.648. The van der Waals surface area contributed by atoms with Crippen LogP contribution in [-0.4, -0.2) is 0 Å². The predicted octanol–water partition coefficient (Wildman–Crippen LogP) is 3.26. The van der Waals surface area contributed by atoms with E-state index in [0.717, 1.165) is 6.42 Å². The number of nitrogens with two attached hydrogens (primary N) is 1. The van der Waals surface area contributed by atoms with Gasteiger partial charge in [-0.15, -0.1) is 0 Å². The molecule has 0 amide bonds. The smallest absolute Gasteiger partial charge is 0.0635 e. The van der Waals surface area contributed by atoms with E-state index in [2.05, 4.69) is 6.92 Å². The summed E-state index contributed by atoms with van der Waals surface area (Å²) in [6.45, 7) is 2.18. The van der Waals surface area contributed by atoms with Gasteiger partial charge in [-0.25, -0.2) is 0 Å². The van der Waals surface area contributed by atoms with Crippen molar-refractivity contribution >= 4 is 17.3 Å². The molecule has 0 bridgehead atoms. The molecule has 0 fully saturated rings. The van der Waals surface area contributed by atoms with Crippen molar-refractivity contribution in [3.63, 3.8) is 0 Å². The maximum absolute atomic E-state index is 5.79. The molecule has 0 saturated heterocycles. The highest BCUT2D eigenvalue weighted by Gasteiger charge is 1.97. The van der Waals surface area contributed by atoms with Gasteiger partial charge in [0.1, 0.15) is 0 Å². The Labute approximate surface area is 78.5 Å². The molecule has 0 aliphatic carbocycles. The fraction of sp³-hybridized carbons (Fsp3) is 0.400. The predicted molar refractivity (Wildman–Crippen MR) is 54.5 cm³/mol. The van der Waals surface area contributed by atoms with Crippen LogP contribution in [-0.2, 0) is 6.42 Å². The van der Waals surface area contributed by atoms with Crippen molar-refractivity contribution in [2.75, 3.05) is 5.73 Å². The minimum absolute atomic E-state index is 0.648. The number of rotatable bonds is 3. The second-order valence-corrected chi connectivity index (χ2v) is 3.37. The van der Waals surface area contributed by atoms with Gasteiger partial charge in [0, 0.05) is 0 Å². The van der Waals surface area contributed by atoms with Crippen LogP contribution < -0.4 is 5.73 Å². The zero-order valence-electron chi connectivity index (χ0n) is 7.31. The Morgan fingerprint density at radius 2 is 2.17 bits per heavy atom. The number of hydrogen-bond donors (Lipinski definition) is 1. The van der Waals surface area contributed by atoms with Gasteiger partial charge in [0.15, 0.2) is 0 Å². The first-order valence-electron chi connectivity index (χ1n) is 4.28. The second kappa shape index (κ2) is 4.36. The number of aryl methyl sites for hydroxylation is 1. The normalized spacial score (nSPS) is 10.2. The molecular weight excluding hydrogens is 170 g/mol. The van der Waals surface area contributed by atoms with Crippen molar-refractivity contribution < 1.29 is 0 Å². The summed E-state index contributed by atoms with van der Waals surface area (Å²) < 4.78 is 0. The van der Waals surface area contributed by atoms with E-state index in [1.165, 1.54) is 18.4 Å². The monoisotopic (exact) mass is 183 g/mol. The zero-order valence-corrected chi connectivity index (χ0v) is 8.06. The largest absolute Gasteiger partial charge is 0.398 e. The third-order valence-electron chi connectivity index (χ3n) is 1.88. The first-order chi connectivity index (χ1) is 5.74. The van der Waals surface area contributed by atoms with E-state index in [-0.39, 0.29) is 0 Å². The lowest BCUT2D eigenvalue weighted by Crippen LogP contribution is -1.90. The highest BCUT2D eigenvalue weighted by molar-refractivity contribution is 6.33. The van der Waals surface area contributed by atoms with Gasteiger partial charge in [0.05, 0.1) is 10.7 Å². The van der Waals surface area contributed by atoms with Gasteiger partial charge < -0.3 is 5.73 Å². The van der Waals surface area contributed by atoms with E-state index in [1.807, 2.05) is 18.2 Å². The molecule has 1 aromatic rings. The van der Waals surface area contributed by atoms with Crippen LogP contribution in [0, 0.1) is 0 Å². The third kappa shape index (κ3) is 2.42. The van der Waals surface area contributed by atoms with Crippen LogP contribution in [0.15, 0.2) is 18.2 Å². The Kier molecular flexibility index (Phi) is 3.42. The molecule has 2 N–H and O–H groups in total. The first-order valence-corrected chi connectivity index (χ1v) is 4.65. The Balaban J connectivity index is 2.69. The van der Waals surface area contributed by atoms with Crippen molar-refractivity contribution in [1.82, 2.24) is 0 Å². The molecule has 0 heterocycles. The van der Waals surface area contributed by atoms with Crippen LogP contribution >= 0.6 is 11.6 Å². The van der Waals surface area contributed by atoms with Crippen LogP contribution in [0.5, 0.6) is 0 Å². The number of nitrogen functional groups attached to an aromatic ring is 1. The maximum Gasteiger partial charge on any atom is 0.0635 e. The quantitative estimate of drug-likeness (QED) is 0.716. The number of unbranched alkanes of at least 4 members (excludes halogenated alkanes) is 1. The molecule has 12 heavy (non-hydrogen) atoms. The molecule has 0 atom stereocenters. The lowest BCUT2D eigenvalue weighted by atomic mass is 10.1. The van der Waals surface area contributed by atoms with Crippen molar-refractivity contribution in [1.29, 1.82) is 0 Å². The number of halogens is 1. The van der Waals surface area contributed by atoms with Gasteiger partial charge in [-0.2, -0.15) is 0 Å². The summed E-state index contributed by atoms with van der Waals surface area (Å²) in [6.07, 6.45) is 3.52. The van der Waals surface area contributed by atoms with Crippen LogP contribution in [0.4, 0.5) is 5.69 Å². The van der Waals surface area contributed by atoms with Gasteiger partial charge >= 0.3 is 0 Å².